The van der Waals surface area contributed by atoms with Crippen molar-refractivity contribution < 1.29 is 13.5 Å². The number of hydrogen-bond acceptors (Lipinski definition) is 4. The van der Waals surface area contributed by atoms with E-state index in [1.807, 2.05) is 0 Å². The van der Waals surface area contributed by atoms with Gasteiger partial charge >= 0.3 is 0 Å². The predicted octanol–water partition coefficient (Wildman–Crippen LogP) is 3.21. The van der Waals surface area contributed by atoms with Gasteiger partial charge in [0.05, 0.1) is 12.3 Å². The number of sulfonamides is 1. The van der Waals surface area contributed by atoms with Gasteiger partial charge in [0.15, 0.2) is 0 Å². The lowest BCUT2D eigenvalue weighted by Gasteiger charge is -2.11. The van der Waals surface area contributed by atoms with Crippen molar-refractivity contribution >= 4 is 47.7 Å². The summed E-state index contributed by atoms with van der Waals surface area (Å²) in [6, 6.07) is 7.93. The van der Waals surface area contributed by atoms with E-state index in [1.165, 1.54) is 6.07 Å². The number of nitrogens with one attached hydrogen (secondary N) is 1. The van der Waals surface area contributed by atoms with Gasteiger partial charge in [-0.15, -0.1) is 0 Å². The first-order valence-corrected chi connectivity index (χ1v) is 8.95. The summed E-state index contributed by atoms with van der Waals surface area (Å²) < 4.78 is 28.5. The number of benzene rings is 1. The lowest BCUT2D eigenvalue weighted by atomic mass is 10.2. The van der Waals surface area contributed by atoms with Crippen molar-refractivity contribution in [2.75, 3.05) is 4.72 Å². The molecule has 2 N–H and O–H groups in total. The minimum absolute atomic E-state index is 0.0522. The number of aromatic nitrogens is 1. The molecule has 21 heavy (non-hydrogen) atoms. The molecule has 0 spiro atoms. The normalized spacial score (nSPS) is 11.4. The highest BCUT2D eigenvalue weighted by Gasteiger charge is 2.19. The molecule has 0 aliphatic carbocycles. The highest BCUT2D eigenvalue weighted by molar-refractivity contribution is 9.10. The lowest BCUT2D eigenvalue weighted by Crippen LogP contribution is -2.15. The quantitative estimate of drug-likeness (QED) is 0.772. The molecule has 0 saturated carbocycles. The number of aliphatic hydroxyl groups excluding tert-OH is 1. The summed E-state index contributed by atoms with van der Waals surface area (Å²) in [6.45, 7) is 1.54. The fourth-order valence-corrected chi connectivity index (χ4v) is 3.88. The van der Waals surface area contributed by atoms with Gasteiger partial charge in [0, 0.05) is 8.95 Å². The smallest absolute Gasteiger partial charge is 0.264 e. The van der Waals surface area contributed by atoms with E-state index in [4.69, 9.17) is 5.11 Å². The molecule has 2 aromatic rings. The monoisotopic (exact) mass is 434 g/mol. The third-order valence-corrected chi connectivity index (χ3v) is 5.91. The summed E-state index contributed by atoms with van der Waals surface area (Å²) in [4.78, 5) is 4.21. The maximum absolute atomic E-state index is 12.4. The molecule has 1 aromatic heterocycles. The number of rotatable bonds is 4. The van der Waals surface area contributed by atoms with E-state index in [1.54, 1.807) is 31.2 Å². The van der Waals surface area contributed by atoms with Gasteiger partial charge < -0.3 is 5.11 Å². The van der Waals surface area contributed by atoms with Crippen LogP contribution in [0.2, 0.25) is 0 Å². The van der Waals surface area contributed by atoms with E-state index >= 15 is 0 Å². The van der Waals surface area contributed by atoms with Crippen molar-refractivity contribution in [2.45, 2.75) is 18.4 Å². The first-order chi connectivity index (χ1) is 9.83. The average molecular weight is 436 g/mol. The molecule has 2 rings (SSSR count). The van der Waals surface area contributed by atoms with Crippen molar-refractivity contribution in [3.05, 3.63) is 50.5 Å². The molecular weight excluding hydrogens is 424 g/mol. The van der Waals surface area contributed by atoms with Crippen molar-refractivity contribution in [1.82, 2.24) is 4.98 Å². The molecule has 5 nitrogen and oxygen atoms in total. The van der Waals surface area contributed by atoms with Crippen LogP contribution in [0.1, 0.15) is 11.3 Å². The maximum atomic E-state index is 12.4. The molecule has 0 radical (unpaired) electrons. The lowest BCUT2D eigenvalue weighted by molar-refractivity contribution is 0.281. The first-order valence-electron chi connectivity index (χ1n) is 5.89. The van der Waals surface area contributed by atoms with Gasteiger partial charge in [-0.05, 0) is 68.6 Å². The summed E-state index contributed by atoms with van der Waals surface area (Å²) in [5.74, 6) is 0.233. The van der Waals surface area contributed by atoms with E-state index in [9.17, 15) is 8.42 Å². The van der Waals surface area contributed by atoms with E-state index in [2.05, 4.69) is 41.6 Å². The third kappa shape index (κ3) is 3.82. The third-order valence-electron chi connectivity index (χ3n) is 2.73. The van der Waals surface area contributed by atoms with E-state index < -0.39 is 10.0 Å². The molecule has 0 atom stereocenters. The summed E-state index contributed by atoms with van der Waals surface area (Å²) >= 11 is 6.52. The maximum Gasteiger partial charge on any atom is 0.264 e. The predicted molar refractivity (Wildman–Crippen MR) is 87.5 cm³/mol. The second-order valence-electron chi connectivity index (χ2n) is 4.29. The van der Waals surface area contributed by atoms with Gasteiger partial charge in [-0.3, -0.25) is 4.72 Å². The number of aryl methyl sites for hydroxylation is 1. The molecule has 1 aromatic carbocycles. The Hall–Kier alpha value is -0.960. The van der Waals surface area contributed by atoms with Gasteiger partial charge in [0.1, 0.15) is 10.7 Å². The average Bonchev–Trinajstić information content (AvgIpc) is 2.43. The Morgan fingerprint density at radius 2 is 1.86 bits per heavy atom. The summed E-state index contributed by atoms with van der Waals surface area (Å²) in [7, 11) is -3.79. The van der Waals surface area contributed by atoms with Crippen molar-refractivity contribution in [3.63, 3.8) is 0 Å². The Kier molecular flexibility index (Phi) is 5.03. The van der Waals surface area contributed by atoms with Gasteiger partial charge in [0.25, 0.3) is 10.0 Å². The molecule has 0 amide bonds. The second-order valence-corrected chi connectivity index (χ2v) is 7.65. The fraction of sp³-hybridized carbons (Fsp3) is 0.154. The van der Waals surface area contributed by atoms with Gasteiger partial charge in [-0.1, -0.05) is 6.07 Å². The number of pyridine rings is 1. The summed E-state index contributed by atoms with van der Waals surface area (Å²) in [5, 5.41) is 9.13. The highest BCUT2D eigenvalue weighted by atomic mass is 79.9. The van der Waals surface area contributed by atoms with Crippen molar-refractivity contribution in [3.8, 4) is 0 Å². The minimum Gasteiger partial charge on any atom is -0.392 e. The Labute approximate surface area is 139 Å². The van der Waals surface area contributed by atoms with Crippen molar-refractivity contribution in [2.24, 2.45) is 0 Å². The van der Waals surface area contributed by atoms with E-state index in [-0.39, 0.29) is 17.3 Å². The second kappa shape index (κ2) is 6.43. The molecule has 0 fully saturated rings. The molecule has 0 aliphatic heterocycles. The van der Waals surface area contributed by atoms with E-state index in [0.717, 1.165) is 4.47 Å². The number of anilines is 1. The SMILES string of the molecule is Cc1nc(NS(=O)(=O)c2cc(CO)ccc2Br)ccc1Br. The standard InChI is InChI=1S/C13H12Br2N2O3S/c1-8-10(14)4-5-13(16-8)17-21(19,20)12-6-9(7-18)2-3-11(12)15/h2-6,18H,7H2,1H3,(H,16,17). The van der Waals surface area contributed by atoms with Crippen LogP contribution in [0, 0.1) is 6.92 Å². The molecule has 8 heteroatoms. The first kappa shape index (κ1) is 16.4. The zero-order valence-electron chi connectivity index (χ0n) is 11.0. The number of nitrogens with zero attached hydrogens (tertiary/aromatic N) is 1. The van der Waals surface area contributed by atoms with Gasteiger partial charge in [0.2, 0.25) is 0 Å². The van der Waals surface area contributed by atoms with Crippen LogP contribution in [0.5, 0.6) is 0 Å². The van der Waals surface area contributed by atoms with Crippen LogP contribution in [-0.2, 0) is 16.6 Å². The van der Waals surface area contributed by atoms with Crippen LogP contribution < -0.4 is 4.72 Å². The Morgan fingerprint density at radius 3 is 2.48 bits per heavy atom. The molecule has 112 valence electrons. The zero-order valence-corrected chi connectivity index (χ0v) is 15.0. The van der Waals surface area contributed by atoms with Crippen LogP contribution in [0.4, 0.5) is 5.82 Å². The Bertz CT molecular complexity index is 779. The van der Waals surface area contributed by atoms with Crippen LogP contribution in [0.15, 0.2) is 44.2 Å². The van der Waals surface area contributed by atoms with Crippen LogP contribution in [0.3, 0.4) is 0 Å². The topological polar surface area (TPSA) is 79.3 Å². The molecular formula is C13H12Br2N2O3S. The number of hydrogen-bond donors (Lipinski definition) is 2. The zero-order chi connectivity index (χ0) is 15.6. The largest absolute Gasteiger partial charge is 0.392 e. The summed E-state index contributed by atoms with van der Waals surface area (Å²) in [5.41, 5.74) is 1.19. The molecule has 0 bridgehead atoms. The number of halogens is 2. The Balaban J connectivity index is 2.40. The Morgan fingerprint density at radius 1 is 1.19 bits per heavy atom. The molecule has 0 aliphatic rings. The molecule has 0 saturated heterocycles. The highest BCUT2D eigenvalue weighted by Crippen LogP contribution is 2.26. The van der Waals surface area contributed by atoms with Crippen molar-refractivity contribution in [1.29, 1.82) is 0 Å². The van der Waals surface area contributed by atoms with Gasteiger partial charge in [-0.2, -0.15) is 0 Å². The summed E-state index contributed by atoms with van der Waals surface area (Å²) in [6.07, 6.45) is 0. The van der Waals surface area contributed by atoms with E-state index in [0.29, 0.717) is 15.7 Å². The molecule has 0 unspecified atom stereocenters. The van der Waals surface area contributed by atoms with Crippen LogP contribution >= 0.6 is 31.9 Å². The van der Waals surface area contributed by atoms with Crippen LogP contribution in [-0.4, -0.2) is 18.5 Å². The number of aliphatic hydroxyl groups is 1. The van der Waals surface area contributed by atoms with Crippen LogP contribution in [0.25, 0.3) is 0 Å². The van der Waals surface area contributed by atoms with Gasteiger partial charge in [-0.25, -0.2) is 13.4 Å². The molecule has 1 heterocycles. The minimum atomic E-state index is -3.79. The fourth-order valence-electron chi connectivity index (χ4n) is 1.65.